The Morgan fingerprint density at radius 1 is 1.47 bits per heavy atom. The Morgan fingerprint density at radius 2 is 2.27 bits per heavy atom. The molecule has 0 aliphatic heterocycles. The zero-order valence-electron chi connectivity index (χ0n) is 8.50. The summed E-state index contributed by atoms with van der Waals surface area (Å²) in [7, 11) is 2.04. The number of nitrogens with one attached hydrogen (secondary N) is 1. The van der Waals surface area contributed by atoms with Crippen molar-refractivity contribution in [2.45, 2.75) is 6.42 Å². The zero-order valence-corrected chi connectivity index (χ0v) is 10.7. The minimum Gasteiger partial charge on any atom is -0.507 e. The standard InChI is InChI=1S/C11H13IN2O/c1-14(12)6-5-8-7-13-9-3-2-4-10(15)11(8)9/h2-4,7,13,15H,5-6H2,1H3. The van der Waals surface area contributed by atoms with Gasteiger partial charge in [0.05, 0.1) is 0 Å². The van der Waals surface area contributed by atoms with Gasteiger partial charge in [-0.15, -0.1) is 0 Å². The fraction of sp³-hybridized carbons (Fsp3) is 0.273. The lowest BCUT2D eigenvalue weighted by Gasteiger charge is -2.06. The molecule has 0 saturated carbocycles. The van der Waals surface area contributed by atoms with Crippen LogP contribution in [-0.4, -0.2) is 26.8 Å². The molecule has 80 valence electrons. The number of aromatic hydroxyl groups is 1. The van der Waals surface area contributed by atoms with Crippen LogP contribution in [-0.2, 0) is 6.42 Å². The number of phenolic OH excluding ortho intramolecular Hbond substituents is 1. The van der Waals surface area contributed by atoms with Gasteiger partial charge in [0, 0.05) is 46.5 Å². The van der Waals surface area contributed by atoms with Crippen molar-refractivity contribution in [2.24, 2.45) is 0 Å². The Balaban J connectivity index is 2.35. The van der Waals surface area contributed by atoms with Gasteiger partial charge in [-0.3, -0.25) is 3.11 Å². The minimum atomic E-state index is 0.361. The Kier molecular flexibility index (Phi) is 3.16. The van der Waals surface area contributed by atoms with Gasteiger partial charge in [-0.2, -0.15) is 0 Å². The highest BCUT2D eigenvalue weighted by molar-refractivity contribution is 14.1. The van der Waals surface area contributed by atoms with E-state index in [2.05, 4.69) is 31.0 Å². The number of rotatable bonds is 3. The monoisotopic (exact) mass is 316 g/mol. The predicted molar refractivity (Wildman–Crippen MR) is 70.3 cm³/mol. The van der Waals surface area contributed by atoms with Gasteiger partial charge in [0.1, 0.15) is 5.75 Å². The van der Waals surface area contributed by atoms with Crippen molar-refractivity contribution < 1.29 is 5.11 Å². The van der Waals surface area contributed by atoms with Crippen molar-refractivity contribution in [3.8, 4) is 5.75 Å². The SMILES string of the molecule is CN(I)CCc1c[nH]c2cccc(O)c12. The molecule has 15 heavy (non-hydrogen) atoms. The fourth-order valence-electron chi connectivity index (χ4n) is 1.71. The molecule has 0 unspecified atom stereocenters. The summed E-state index contributed by atoms with van der Waals surface area (Å²) in [5.41, 5.74) is 2.17. The topological polar surface area (TPSA) is 39.3 Å². The molecule has 0 spiro atoms. The summed E-state index contributed by atoms with van der Waals surface area (Å²) in [5.74, 6) is 0.361. The first-order valence-corrected chi connectivity index (χ1v) is 5.80. The highest BCUT2D eigenvalue weighted by atomic mass is 127. The van der Waals surface area contributed by atoms with Crippen LogP contribution in [0.4, 0.5) is 0 Å². The molecular formula is C11H13IN2O. The lowest BCUT2D eigenvalue weighted by Crippen LogP contribution is -2.07. The number of aromatic nitrogens is 1. The van der Waals surface area contributed by atoms with Crippen molar-refractivity contribution in [3.05, 3.63) is 30.0 Å². The normalized spacial score (nSPS) is 11.4. The average Bonchev–Trinajstić information content (AvgIpc) is 2.59. The van der Waals surface area contributed by atoms with E-state index in [-0.39, 0.29) is 0 Å². The van der Waals surface area contributed by atoms with Crippen LogP contribution in [0, 0.1) is 0 Å². The average molecular weight is 316 g/mol. The maximum atomic E-state index is 9.77. The lowest BCUT2D eigenvalue weighted by molar-refractivity contribution is 0.481. The van der Waals surface area contributed by atoms with E-state index < -0.39 is 0 Å². The van der Waals surface area contributed by atoms with Gasteiger partial charge in [0.2, 0.25) is 0 Å². The minimum absolute atomic E-state index is 0.361. The molecule has 0 amide bonds. The molecule has 2 aromatic rings. The van der Waals surface area contributed by atoms with Crippen molar-refractivity contribution in [2.75, 3.05) is 13.6 Å². The molecule has 0 aliphatic rings. The van der Waals surface area contributed by atoms with Gasteiger partial charge in [-0.05, 0) is 31.2 Å². The van der Waals surface area contributed by atoms with Crippen molar-refractivity contribution >= 4 is 33.8 Å². The number of H-pyrrole nitrogens is 1. The second-order valence-electron chi connectivity index (χ2n) is 3.59. The zero-order chi connectivity index (χ0) is 10.8. The third-order valence-electron chi connectivity index (χ3n) is 2.45. The number of halogens is 1. The molecular weight excluding hydrogens is 303 g/mol. The quantitative estimate of drug-likeness (QED) is 0.675. The number of nitrogens with zero attached hydrogens (tertiary/aromatic N) is 1. The maximum absolute atomic E-state index is 9.77. The molecule has 1 aromatic heterocycles. The fourth-order valence-corrected chi connectivity index (χ4v) is 1.95. The van der Waals surface area contributed by atoms with E-state index >= 15 is 0 Å². The van der Waals surface area contributed by atoms with Gasteiger partial charge in [0.25, 0.3) is 0 Å². The second-order valence-corrected chi connectivity index (χ2v) is 5.24. The van der Waals surface area contributed by atoms with Crippen LogP contribution in [0.25, 0.3) is 10.9 Å². The number of phenols is 1. The summed E-state index contributed by atoms with van der Waals surface area (Å²) in [6, 6.07) is 5.56. The molecule has 0 bridgehead atoms. The molecule has 0 saturated heterocycles. The lowest BCUT2D eigenvalue weighted by atomic mass is 10.1. The summed E-state index contributed by atoms with van der Waals surface area (Å²) in [6.45, 7) is 0.974. The van der Waals surface area contributed by atoms with Gasteiger partial charge < -0.3 is 10.1 Å². The smallest absolute Gasteiger partial charge is 0.125 e. The molecule has 2 rings (SSSR count). The molecule has 0 radical (unpaired) electrons. The largest absolute Gasteiger partial charge is 0.507 e. The first-order chi connectivity index (χ1) is 7.18. The number of hydrogen-bond donors (Lipinski definition) is 2. The Labute approximate surface area is 103 Å². The number of benzene rings is 1. The second kappa shape index (κ2) is 4.40. The van der Waals surface area contributed by atoms with Gasteiger partial charge in [0.15, 0.2) is 0 Å². The molecule has 0 aliphatic carbocycles. The first-order valence-electron chi connectivity index (χ1n) is 4.83. The van der Waals surface area contributed by atoms with Crippen LogP contribution in [0.15, 0.2) is 24.4 Å². The summed E-state index contributed by atoms with van der Waals surface area (Å²) >= 11 is 2.26. The van der Waals surface area contributed by atoms with Crippen LogP contribution in [0.1, 0.15) is 5.56 Å². The highest BCUT2D eigenvalue weighted by Gasteiger charge is 2.07. The van der Waals surface area contributed by atoms with Crippen LogP contribution >= 0.6 is 22.9 Å². The molecule has 0 fully saturated rings. The first kappa shape index (κ1) is 10.8. The predicted octanol–water partition coefficient (Wildman–Crippen LogP) is 2.70. The Morgan fingerprint density at radius 3 is 3.00 bits per heavy atom. The van der Waals surface area contributed by atoms with Crippen LogP contribution in [0.3, 0.4) is 0 Å². The van der Waals surface area contributed by atoms with Gasteiger partial charge in [-0.1, -0.05) is 6.07 Å². The number of fused-ring (bicyclic) bond motifs is 1. The van der Waals surface area contributed by atoms with E-state index in [4.69, 9.17) is 0 Å². The van der Waals surface area contributed by atoms with E-state index in [0.717, 1.165) is 23.9 Å². The summed E-state index contributed by atoms with van der Waals surface area (Å²) in [5, 5.41) is 10.7. The third kappa shape index (κ3) is 2.26. The summed E-state index contributed by atoms with van der Waals surface area (Å²) in [4.78, 5) is 3.17. The van der Waals surface area contributed by atoms with Crippen molar-refractivity contribution in [1.29, 1.82) is 0 Å². The van der Waals surface area contributed by atoms with E-state index in [9.17, 15) is 5.11 Å². The van der Waals surface area contributed by atoms with Gasteiger partial charge >= 0.3 is 0 Å². The van der Waals surface area contributed by atoms with E-state index in [1.54, 1.807) is 6.07 Å². The molecule has 0 atom stereocenters. The number of aromatic amines is 1. The van der Waals surface area contributed by atoms with Crippen molar-refractivity contribution in [3.63, 3.8) is 0 Å². The van der Waals surface area contributed by atoms with Crippen LogP contribution in [0.5, 0.6) is 5.75 Å². The van der Waals surface area contributed by atoms with Crippen LogP contribution in [0.2, 0.25) is 0 Å². The van der Waals surface area contributed by atoms with E-state index in [1.165, 1.54) is 5.56 Å². The Bertz CT molecular complexity index is 465. The van der Waals surface area contributed by atoms with Crippen molar-refractivity contribution in [1.82, 2.24) is 8.10 Å². The Hall–Kier alpha value is -0.750. The number of likely N-dealkylation sites (N-methyl/N-ethyl adjacent to an activating group) is 1. The number of hydrogen-bond acceptors (Lipinski definition) is 2. The third-order valence-corrected chi connectivity index (χ3v) is 2.94. The molecule has 2 N–H and O–H groups in total. The van der Waals surface area contributed by atoms with E-state index in [0.29, 0.717) is 5.75 Å². The summed E-state index contributed by atoms with van der Waals surface area (Å²) in [6.07, 6.45) is 2.92. The van der Waals surface area contributed by atoms with Gasteiger partial charge in [-0.25, -0.2) is 0 Å². The molecule has 1 aromatic carbocycles. The molecule has 1 heterocycles. The molecule has 4 heteroatoms. The van der Waals surface area contributed by atoms with E-state index in [1.807, 2.05) is 25.4 Å². The maximum Gasteiger partial charge on any atom is 0.125 e. The highest BCUT2D eigenvalue weighted by Crippen LogP contribution is 2.27. The molecule has 3 nitrogen and oxygen atoms in total. The summed E-state index contributed by atoms with van der Waals surface area (Å²) < 4.78 is 2.11. The van der Waals surface area contributed by atoms with Crippen LogP contribution < -0.4 is 0 Å².